The van der Waals surface area contributed by atoms with Gasteiger partial charge in [-0.25, -0.2) is 0 Å². The summed E-state index contributed by atoms with van der Waals surface area (Å²) >= 11 is 0. The van der Waals surface area contributed by atoms with Gasteiger partial charge < -0.3 is 25.4 Å². The maximum Gasteiger partial charge on any atom is 0.254 e. The number of ether oxygens (including phenoxy) is 1. The summed E-state index contributed by atoms with van der Waals surface area (Å²) in [6.07, 6.45) is 0.0111. The summed E-state index contributed by atoms with van der Waals surface area (Å²) in [6, 6.07) is 14.8. The molecule has 3 N–H and O–H groups in total. The number of nitrogens with zero attached hydrogens (tertiary/aromatic N) is 1. The van der Waals surface area contributed by atoms with Gasteiger partial charge in [-0.1, -0.05) is 30.3 Å². The zero-order valence-electron chi connectivity index (χ0n) is 16.8. The van der Waals surface area contributed by atoms with Crippen LogP contribution < -0.4 is 10.6 Å². The predicted molar refractivity (Wildman–Crippen MR) is 112 cm³/mol. The molecule has 7 heteroatoms. The molecule has 0 spiro atoms. The van der Waals surface area contributed by atoms with E-state index in [0.29, 0.717) is 44.0 Å². The molecule has 158 valence electrons. The molecule has 0 saturated carbocycles. The van der Waals surface area contributed by atoms with Gasteiger partial charge >= 0.3 is 0 Å². The summed E-state index contributed by atoms with van der Waals surface area (Å²) in [5, 5.41) is 16.7. The Hall–Kier alpha value is -2.74. The topological polar surface area (TPSA) is 90.9 Å². The van der Waals surface area contributed by atoms with E-state index in [9.17, 15) is 14.7 Å². The van der Waals surface area contributed by atoms with Gasteiger partial charge in [0.1, 0.15) is 0 Å². The van der Waals surface area contributed by atoms with Crippen molar-refractivity contribution in [1.29, 1.82) is 0 Å². The first-order chi connectivity index (χ1) is 14.6. The van der Waals surface area contributed by atoms with Crippen molar-refractivity contribution in [2.24, 2.45) is 0 Å². The normalized spacial score (nSPS) is 19.6. The number of nitrogens with one attached hydrogen (secondary N) is 2. The van der Waals surface area contributed by atoms with Gasteiger partial charge in [0.05, 0.1) is 19.3 Å². The van der Waals surface area contributed by atoms with E-state index in [1.54, 1.807) is 29.2 Å². The molecule has 2 aliphatic rings. The molecular weight excluding hydrogens is 382 g/mol. The fourth-order valence-electron chi connectivity index (χ4n) is 3.94. The number of carbonyl (C=O) groups excluding carboxylic acids is 2. The van der Waals surface area contributed by atoms with Crippen LogP contribution in [0.5, 0.6) is 0 Å². The lowest BCUT2D eigenvalue weighted by molar-refractivity contribution is 0.0303. The van der Waals surface area contributed by atoms with Crippen LogP contribution in [0.3, 0.4) is 0 Å². The molecule has 1 fully saturated rings. The molecule has 2 heterocycles. The second-order valence-corrected chi connectivity index (χ2v) is 7.72. The summed E-state index contributed by atoms with van der Waals surface area (Å²) < 4.78 is 5.28. The minimum absolute atomic E-state index is 0.0990. The summed E-state index contributed by atoms with van der Waals surface area (Å²) in [4.78, 5) is 27.0. The molecule has 4 rings (SSSR count). The predicted octanol–water partition coefficient (Wildman–Crippen LogP) is 0.964. The number of carbonyl (C=O) groups is 2. The van der Waals surface area contributed by atoms with E-state index in [2.05, 4.69) is 22.8 Å². The first-order valence-electron chi connectivity index (χ1n) is 10.4. The fraction of sp³-hybridized carbons (Fsp3) is 0.391. The second kappa shape index (κ2) is 9.38. The van der Waals surface area contributed by atoms with Crippen molar-refractivity contribution in [2.45, 2.75) is 25.1 Å². The van der Waals surface area contributed by atoms with Crippen LogP contribution in [0.1, 0.15) is 31.8 Å². The third kappa shape index (κ3) is 4.70. The monoisotopic (exact) mass is 409 g/mol. The molecule has 30 heavy (non-hydrogen) atoms. The number of hydrogen-bond donors (Lipinski definition) is 3. The maximum atomic E-state index is 12.6. The highest BCUT2D eigenvalue weighted by Gasteiger charge is 2.25. The number of aliphatic hydroxyl groups is 1. The minimum atomic E-state index is -0.708. The Morgan fingerprint density at radius 3 is 2.63 bits per heavy atom. The van der Waals surface area contributed by atoms with E-state index in [1.807, 2.05) is 12.1 Å². The molecule has 2 aromatic carbocycles. The third-order valence-corrected chi connectivity index (χ3v) is 5.72. The van der Waals surface area contributed by atoms with Crippen LogP contribution >= 0.6 is 0 Å². The molecule has 0 aliphatic carbocycles. The fourth-order valence-corrected chi connectivity index (χ4v) is 3.94. The Morgan fingerprint density at radius 2 is 1.83 bits per heavy atom. The third-order valence-electron chi connectivity index (χ3n) is 5.72. The van der Waals surface area contributed by atoms with E-state index < -0.39 is 6.10 Å². The van der Waals surface area contributed by atoms with E-state index >= 15 is 0 Å². The van der Waals surface area contributed by atoms with Gasteiger partial charge in [0.25, 0.3) is 11.8 Å². The highest BCUT2D eigenvalue weighted by Crippen LogP contribution is 2.18. The van der Waals surface area contributed by atoms with Crippen LogP contribution in [0.25, 0.3) is 0 Å². The van der Waals surface area contributed by atoms with Crippen LogP contribution in [0.15, 0.2) is 48.5 Å². The lowest BCUT2D eigenvalue weighted by Gasteiger charge is -2.30. The molecule has 0 unspecified atom stereocenters. The van der Waals surface area contributed by atoms with E-state index in [1.165, 1.54) is 11.1 Å². The van der Waals surface area contributed by atoms with Gasteiger partial charge in [0, 0.05) is 43.3 Å². The molecule has 2 aliphatic heterocycles. The summed E-state index contributed by atoms with van der Waals surface area (Å²) in [7, 11) is 0. The van der Waals surface area contributed by atoms with E-state index in [-0.39, 0.29) is 24.4 Å². The van der Waals surface area contributed by atoms with Crippen LogP contribution in [0.4, 0.5) is 0 Å². The molecular formula is C23H27N3O4. The average molecular weight is 409 g/mol. The first-order valence-corrected chi connectivity index (χ1v) is 10.4. The van der Waals surface area contributed by atoms with Crippen molar-refractivity contribution >= 4 is 11.8 Å². The SMILES string of the molecule is O=C(NC[C@@H](O)[C@@H]1Cc2ccccc2CN1)c1cccc(C(=O)N2CCOCC2)c1. The molecule has 0 bridgehead atoms. The number of morpholine rings is 1. The Labute approximate surface area is 176 Å². The zero-order valence-corrected chi connectivity index (χ0v) is 16.8. The highest BCUT2D eigenvalue weighted by molar-refractivity contribution is 5.99. The number of fused-ring (bicyclic) bond motifs is 1. The van der Waals surface area contributed by atoms with E-state index in [0.717, 1.165) is 6.42 Å². The molecule has 1 saturated heterocycles. The van der Waals surface area contributed by atoms with Crippen molar-refractivity contribution in [3.05, 3.63) is 70.8 Å². The zero-order chi connectivity index (χ0) is 20.9. The van der Waals surface area contributed by atoms with Gasteiger partial charge in [-0.2, -0.15) is 0 Å². The summed E-state index contributed by atoms with van der Waals surface area (Å²) in [5.41, 5.74) is 3.35. The smallest absolute Gasteiger partial charge is 0.254 e. The Morgan fingerprint density at radius 1 is 1.10 bits per heavy atom. The largest absolute Gasteiger partial charge is 0.390 e. The second-order valence-electron chi connectivity index (χ2n) is 7.72. The Balaban J connectivity index is 1.33. The Bertz CT molecular complexity index is 911. The molecule has 0 aromatic heterocycles. The average Bonchev–Trinajstić information content (AvgIpc) is 2.82. The van der Waals surface area contributed by atoms with Gasteiger partial charge in [-0.15, -0.1) is 0 Å². The molecule has 2 aromatic rings. The van der Waals surface area contributed by atoms with Crippen molar-refractivity contribution in [3.63, 3.8) is 0 Å². The molecule has 2 atom stereocenters. The van der Waals surface area contributed by atoms with Gasteiger partial charge in [-0.05, 0) is 35.7 Å². The highest BCUT2D eigenvalue weighted by atomic mass is 16.5. The van der Waals surface area contributed by atoms with Crippen LogP contribution in [0, 0.1) is 0 Å². The number of amides is 2. The number of hydrogen-bond acceptors (Lipinski definition) is 5. The molecule has 0 radical (unpaired) electrons. The summed E-state index contributed by atoms with van der Waals surface area (Å²) in [5.74, 6) is -0.403. The minimum Gasteiger partial charge on any atom is -0.390 e. The quantitative estimate of drug-likeness (QED) is 0.685. The van der Waals surface area contributed by atoms with Crippen molar-refractivity contribution in [1.82, 2.24) is 15.5 Å². The van der Waals surface area contributed by atoms with Gasteiger partial charge in [-0.3, -0.25) is 9.59 Å². The van der Waals surface area contributed by atoms with Crippen molar-refractivity contribution in [3.8, 4) is 0 Å². The lowest BCUT2D eigenvalue weighted by atomic mass is 9.93. The van der Waals surface area contributed by atoms with Crippen molar-refractivity contribution < 1.29 is 19.4 Å². The maximum absolute atomic E-state index is 12.6. The molecule has 2 amide bonds. The van der Waals surface area contributed by atoms with Crippen LogP contribution in [0.2, 0.25) is 0 Å². The van der Waals surface area contributed by atoms with Gasteiger partial charge in [0.2, 0.25) is 0 Å². The van der Waals surface area contributed by atoms with Crippen LogP contribution in [-0.4, -0.2) is 66.8 Å². The summed E-state index contributed by atoms with van der Waals surface area (Å²) in [6.45, 7) is 3.02. The number of benzene rings is 2. The number of rotatable bonds is 5. The van der Waals surface area contributed by atoms with Gasteiger partial charge in [0.15, 0.2) is 0 Å². The van der Waals surface area contributed by atoms with E-state index in [4.69, 9.17) is 4.74 Å². The van der Waals surface area contributed by atoms with Crippen molar-refractivity contribution in [2.75, 3.05) is 32.8 Å². The first kappa shape index (κ1) is 20.5. The Kier molecular flexibility index (Phi) is 6.42. The lowest BCUT2D eigenvalue weighted by Crippen LogP contribution is -2.49. The number of aliphatic hydroxyl groups excluding tert-OH is 1. The van der Waals surface area contributed by atoms with Crippen LogP contribution in [-0.2, 0) is 17.7 Å². The standard InChI is InChI=1S/C23H27N3O4/c27-21(20-13-16-4-1-2-5-19(16)14-24-20)15-25-22(28)17-6-3-7-18(12-17)23(29)26-8-10-30-11-9-26/h1-7,12,20-21,24,27H,8-11,13-15H2,(H,25,28)/t20-,21+/m0/s1. The molecule has 7 nitrogen and oxygen atoms in total.